The highest BCUT2D eigenvalue weighted by molar-refractivity contribution is 5.86. The van der Waals surface area contributed by atoms with Gasteiger partial charge in [-0.2, -0.15) is 0 Å². The standard InChI is InChI=1S/C14H23NO7/c1-10(2)13(17)20-6-5-15-14(18)21-8-12(16)7-19-9-22-11(3)4/h12,16H,1,3,5-9H2,2,4H3,(H,15,18). The number of carbonyl (C=O) groups is 2. The van der Waals surface area contributed by atoms with Gasteiger partial charge < -0.3 is 29.4 Å². The Morgan fingerprint density at radius 3 is 2.41 bits per heavy atom. The summed E-state index contributed by atoms with van der Waals surface area (Å²) < 4.78 is 19.4. The summed E-state index contributed by atoms with van der Waals surface area (Å²) in [4.78, 5) is 22.3. The smallest absolute Gasteiger partial charge is 0.407 e. The Hall–Kier alpha value is -2.06. The minimum Gasteiger partial charge on any atom is -0.473 e. The zero-order chi connectivity index (χ0) is 17.0. The molecule has 0 aliphatic carbocycles. The van der Waals surface area contributed by atoms with Crippen LogP contribution in [0.3, 0.4) is 0 Å². The predicted octanol–water partition coefficient (Wildman–Crippen LogP) is 0.717. The summed E-state index contributed by atoms with van der Waals surface area (Å²) in [5.74, 6) is -0.0304. The van der Waals surface area contributed by atoms with Crippen LogP contribution in [0.1, 0.15) is 13.8 Å². The van der Waals surface area contributed by atoms with E-state index in [9.17, 15) is 14.7 Å². The number of hydrogen-bond acceptors (Lipinski definition) is 7. The van der Waals surface area contributed by atoms with Crippen LogP contribution in [0.15, 0.2) is 24.5 Å². The molecule has 126 valence electrons. The third-order valence-corrected chi connectivity index (χ3v) is 2.06. The molecular formula is C14H23NO7. The second kappa shape index (κ2) is 11.6. The Bertz CT molecular complexity index is 395. The van der Waals surface area contributed by atoms with Crippen molar-refractivity contribution in [3.8, 4) is 0 Å². The van der Waals surface area contributed by atoms with Crippen molar-refractivity contribution in [2.45, 2.75) is 20.0 Å². The third-order valence-electron chi connectivity index (χ3n) is 2.06. The lowest BCUT2D eigenvalue weighted by Gasteiger charge is -2.13. The molecule has 0 heterocycles. The number of ether oxygens (including phenoxy) is 4. The molecule has 0 aromatic rings. The highest BCUT2D eigenvalue weighted by Crippen LogP contribution is 1.93. The van der Waals surface area contributed by atoms with Crippen LogP contribution < -0.4 is 5.32 Å². The van der Waals surface area contributed by atoms with Gasteiger partial charge in [-0.25, -0.2) is 9.59 Å². The van der Waals surface area contributed by atoms with Crippen molar-refractivity contribution in [2.75, 3.05) is 33.2 Å². The maximum Gasteiger partial charge on any atom is 0.407 e. The molecule has 0 spiro atoms. The Morgan fingerprint density at radius 1 is 1.14 bits per heavy atom. The van der Waals surface area contributed by atoms with E-state index in [0.717, 1.165) is 0 Å². The van der Waals surface area contributed by atoms with Gasteiger partial charge in [-0.05, 0) is 13.8 Å². The monoisotopic (exact) mass is 317 g/mol. The summed E-state index contributed by atoms with van der Waals surface area (Å²) in [5.41, 5.74) is 0.279. The van der Waals surface area contributed by atoms with E-state index in [1.165, 1.54) is 6.92 Å². The molecule has 8 nitrogen and oxygen atoms in total. The summed E-state index contributed by atoms with van der Waals surface area (Å²) in [5, 5.41) is 11.8. The first-order chi connectivity index (χ1) is 10.3. The summed E-state index contributed by atoms with van der Waals surface area (Å²) >= 11 is 0. The molecule has 1 amide bonds. The average Bonchev–Trinajstić information content (AvgIpc) is 2.45. The molecule has 0 aliphatic rings. The molecule has 1 atom stereocenters. The van der Waals surface area contributed by atoms with Gasteiger partial charge in [0.05, 0.1) is 18.9 Å². The second-order valence-electron chi connectivity index (χ2n) is 4.43. The van der Waals surface area contributed by atoms with Gasteiger partial charge in [-0.3, -0.25) is 0 Å². The number of aliphatic hydroxyl groups excluding tert-OH is 1. The van der Waals surface area contributed by atoms with Crippen LogP contribution in [0.25, 0.3) is 0 Å². The maximum atomic E-state index is 11.3. The summed E-state index contributed by atoms with van der Waals surface area (Å²) in [7, 11) is 0. The van der Waals surface area contributed by atoms with Crippen LogP contribution in [-0.4, -0.2) is 56.4 Å². The molecule has 22 heavy (non-hydrogen) atoms. The second-order valence-corrected chi connectivity index (χ2v) is 4.43. The number of alkyl carbamates (subject to hydrolysis) is 1. The topological polar surface area (TPSA) is 103 Å². The molecule has 8 heteroatoms. The fourth-order valence-electron chi connectivity index (χ4n) is 1.02. The van der Waals surface area contributed by atoms with Crippen molar-refractivity contribution in [3.63, 3.8) is 0 Å². The molecule has 2 N–H and O–H groups in total. The van der Waals surface area contributed by atoms with E-state index in [2.05, 4.69) is 18.5 Å². The van der Waals surface area contributed by atoms with Crippen LogP contribution in [-0.2, 0) is 23.7 Å². The lowest BCUT2D eigenvalue weighted by Crippen LogP contribution is -2.32. The molecular weight excluding hydrogens is 294 g/mol. The van der Waals surface area contributed by atoms with Gasteiger partial charge in [-0.15, -0.1) is 0 Å². The van der Waals surface area contributed by atoms with E-state index in [0.29, 0.717) is 5.76 Å². The van der Waals surface area contributed by atoms with Gasteiger partial charge in [0.2, 0.25) is 0 Å². The molecule has 1 unspecified atom stereocenters. The molecule has 0 fully saturated rings. The normalized spacial score (nSPS) is 11.2. The summed E-state index contributed by atoms with van der Waals surface area (Å²) in [6, 6.07) is 0. The van der Waals surface area contributed by atoms with Crippen molar-refractivity contribution in [1.29, 1.82) is 0 Å². The fraction of sp³-hybridized carbons (Fsp3) is 0.571. The first-order valence-electron chi connectivity index (χ1n) is 6.60. The van der Waals surface area contributed by atoms with E-state index in [1.54, 1.807) is 6.92 Å². The lowest BCUT2D eigenvalue weighted by atomic mass is 10.4. The highest BCUT2D eigenvalue weighted by atomic mass is 16.7. The van der Waals surface area contributed by atoms with Crippen molar-refractivity contribution >= 4 is 12.1 Å². The number of esters is 1. The first-order valence-corrected chi connectivity index (χ1v) is 6.60. The molecule has 0 saturated heterocycles. The Kier molecular flexibility index (Phi) is 10.5. The van der Waals surface area contributed by atoms with E-state index in [4.69, 9.17) is 18.9 Å². The van der Waals surface area contributed by atoms with Crippen LogP contribution in [0.5, 0.6) is 0 Å². The molecule has 0 bridgehead atoms. The fourth-order valence-corrected chi connectivity index (χ4v) is 1.02. The number of nitrogens with one attached hydrogen (secondary N) is 1. The predicted molar refractivity (Wildman–Crippen MR) is 77.8 cm³/mol. The van der Waals surface area contributed by atoms with E-state index in [1.807, 2.05) is 0 Å². The van der Waals surface area contributed by atoms with Crippen molar-refractivity contribution < 1.29 is 33.6 Å². The number of amides is 1. The molecule has 0 aromatic carbocycles. The molecule has 0 aromatic heterocycles. The Balaban J connectivity index is 3.57. The van der Waals surface area contributed by atoms with Gasteiger partial charge >= 0.3 is 12.1 Å². The summed E-state index contributed by atoms with van der Waals surface area (Å²) in [6.45, 7) is 9.90. The maximum absolute atomic E-state index is 11.3. The Morgan fingerprint density at radius 2 is 1.82 bits per heavy atom. The number of hydrogen-bond donors (Lipinski definition) is 2. The Labute approximate surface area is 129 Å². The molecule has 0 radical (unpaired) electrons. The van der Waals surface area contributed by atoms with E-state index >= 15 is 0 Å². The van der Waals surface area contributed by atoms with Crippen molar-refractivity contribution in [1.82, 2.24) is 5.32 Å². The number of carbonyl (C=O) groups excluding carboxylic acids is 2. The van der Waals surface area contributed by atoms with Crippen LogP contribution >= 0.6 is 0 Å². The largest absolute Gasteiger partial charge is 0.473 e. The van der Waals surface area contributed by atoms with Crippen LogP contribution in [0.2, 0.25) is 0 Å². The number of allylic oxidation sites excluding steroid dienone is 1. The van der Waals surface area contributed by atoms with Crippen molar-refractivity contribution in [3.05, 3.63) is 24.5 Å². The number of rotatable bonds is 11. The van der Waals surface area contributed by atoms with Gasteiger partial charge in [0, 0.05) is 5.57 Å². The van der Waals surface area contributed by atoms with E-state index < -0.39 is 18.2 Å². The first kappa shape index (κ1) is 19.9. The van der Waals surface area contributed by atoms with Gasteiger partial charge in [0.15, 0.2) is 6.79 Å². The minimum absolute atomic E-state index is 0.00466. The van der Waals surface area contributed by atoms with Gasteiger partial charge in [0.1, 0.15) is 19.3 Å². The molecule has 0 aliphatic heterocycles. The third kappa shape index (κ3) is 11.7. The van der Waals surface area contributed by atoms with Crippen LogP contribution in [0.4, 0.5) is 4.79 Å². The van der Waals surface area contributed by atoms with E-state index in [-0.39, 0.29) is 38.7 Å². The lowest BCUT2D eigenvalue weighted by molar-refractivity contribution is -0.138. The zero-order valence-corrected chi connectivity index (χ0v) is 12.9. The van der Waals surface area contributed by atoms with Gasteiger partial charge in [-0.1, -0.05) is 13.2 Å². The van der Waals surface area contributed by atoms with Gasteiger partial charge in [0.25, 0.3) is 0 Å². The van der Waals surface area contributed by atoms with Crippen molar-refractivity contribution in [2.24, 2.45) is 0 Å². The average molecular weight is 317 g/mol. The quantitative estimate of drug-likeness (QED) is 0.190. The summed E-state index contributed by atoms with van der Waals surface area (Å²) in [6.07, 6.45) is -1.70. The molecule has 0 saturated carbocycles. The highest BCUT2D eigenvalue weighted by Gasteiger charge is 2.09. The number of aliphatic hydroxyl groups is 1. The zero-order valence-electron chi connectivity index (χ0n) is 12.9. The molecule has 0 rings (SSSR count). The minimum atomic E-state index is -0.972. The van der Waals surface area contributed by atoms with Crippen LogP contribution in [0, 0.1) is 0 Å². The SMILES string of the molecule is C=C(C)OCOCC(O)COC(=O)NCCOC(=O)C(=C)C.